The molecule has 58 valence electrons. The fraction of sp³-hybridized carbons (Fsp3) is 0.625. The Morgan fingerprint density at radius 3 is 2.50 bits per heavy atom. The van der Waals surface area contributed by atoms with Crippen LogP contribution in [0.2, 0.25) is 0 Å². The van der Waals surface area contributed by atoms with Crippen LogP contribution >= 0.6 is 11.8 Å². The zero-order valence-electron chi connectivity index (χ0n) is 6.92. The van der Waals surface area contributed by atoms with Gasteiger partial charge in [-0.1, -0.05) is 20.8 Å². The monoisotopic (exact) mass is 157 g/mol. The van der Waals surface area contributed by atoms with E-state index in [1.54, 1.807) is 18.0 Å². The minimum absolute atomic E-state index is 0.399. The summed E-state index contributed by atoms with van der Waals surface area (Å²) in [7, 11) is 0. The summed E-state index contributed by atoms with van der Waals surface area (Å²) < 4.78 is 0. The molecular weight excluding hydrogens is 142 g/mol. The van der Waals surface area contributed by atoms with E-state index in [0.29, 0.717) is 5.41 Å². The van der Waals surface area contributed by atoms with E-state index in [0.717, 1.165) is 5.75 Å². The number of hydrogen-bond donors (Lipinski definition) is 0. The first-order valence-electron chi connectivity index (χ1n) is 3.29. The fourth-order valence-electron chi connectivity index (χ4n) is 0.384. The molecule has 0 bridgehead atoms. The van der Waals surface area contributed by atoms with Gasteiger partial charge in [0, 0.05) is 12.0 Å². The van der Waals surface area contributed by atoms with Crippen LogP contribution in [-0.4, -0.2) is 12.5 Å². The molecule has 0 aliphatic heterocycles. The van der Waals surface area contributed by atoms with Crippen molar-refractivity contribution in [3.63, 3.8) is 0 Å². The van der Waals surface area contributed by atoms with Crippen LogP contribution in [0.1, 0.15) is 20.8 Å². The highest BCUT2D eigenvalue weighted by molar-refractivity contribution is 8.02. The molecular formula is C8H15NS. The van der Waals surface area contributed by atoms with Gasteiger partial charge in [0.25, 0.3) is 0 Å². The molecule has 0 atom stereocenters. The Bertz CT molecular complexity index is 122. The molecule has 0 aliphatic carbocycles. The first-order valence-corrected chi connectivity index (χ1v) is 4.33. The standard InChI is InChI=1S/C8H15NS/c1-8(2,3)7-10-6-5-9-4/h5-6H,4,7H2,1-3H3/b6-5-. The number of nitrogens with zero attached hydrogens (tertiary/aromatic N) is 1. The fourth-order valence-corrected chi connectivity index (χ4v) is 1.15. The summed E-state index contributed by atoms with van der Waals surface area (Å²) in [5.74, 6) is 1.12. The number of thioether (sulfide) groups is 1. The summed E-state index contributed by atoms with van der Waals surface area (Å²) in [6.45, 7) is 10.00. The van der Waals surface area contributed by atoms with Crippen LogP contribution in [0, 0.1) is 5.41 Å². The summed E-state index contributed by atoms with van der Waals surface area (Å²) in [6.07, 6.45) is 1.72. The van der Waals surface area contributed by atoms with Crippen molar-refractivity contribution in [1.82, 2.24) is 0 Å². The van der Waals surface area contributed by atoms with Crippen molar-refractivity contribution < 1.29 is 0 Å². The van der Waals surface area contributed by atoms with Crippen molar-refractivity contribution >= 4 is 18.5 Å². The summed E-state index contributed by atoms with van der Waals surface area (Å²) >= 11 is 1.77. The van der Waals surface area contributed by atoms with Gasteiger partial charge in [0.15, 0.2) is 0 Å². The van der Waals surface area contributed by atoms with Crippen molar-refractivity contribution in [1.29, 1.82) is 0 Å². The molecule has 0 fully saturated rings. The summed E-state index contributed by atoms with van der Waals surface area (Å²) in [5.41, 5.74) is 0.399. The van der Waals surface area contributed by atoms with E-state index < -0.39 is 0 Å². The van der Waals surface area contributed by atoms with Gasteiger partial charge in [0.05, 0.1) is 0 Å². The summed E-state index contributed by atoms with van der Waals surface area (Å²) in [5, 5.41) is 1.97. The van der Waals surface area contributed by atoms with Gasteiger partial charge in [0.1, 0.15) is 0 Å². The topological polar surface area (TPSA) is 12.4 Å². The highest BCUT2D eigenvalue weighted by Crippen LogP contribution is 2.20. The lowest BCUT2D eigenvalue weighted by molar-refractivity contribution is 0.481. The second kappa shape index (κ2) is 4.56. The Balaban J connectivity index is 3.37. The van der Waals surface area contributed by atoms with Crippen molar-refractivity contribution in [3.8, 4) is 0 Å². The Morgan fingerprint density at radius 2 is 2.10 bits per heavy atom. The van der Waals surface area contributed by atoms with Gasteiger partial charge in [0.2, 0.25) is 0 Å². The molecule has 0 amide bonds. The average Bonchev–Trinajstić information content (AvgIpc) is 1.78. The Kier molecular flexibility index (Phi) is 4.45. The highest BCUT2D eigenvalue weighted by Gasteiger charge is 2.07. The molecule has 0 radical (unpaired) electrons. The van der Waals surface area contributed by atoms with E-state index in [1.165, 1.54) is 0 Å². The Hall–Kier alpha value is -0.240. The normalized spacial score (nSPS) is 12.3. The van der Waals surface area contributed by atoms with Gasteiger partial charge in [-0.3, -0.25) is 4.99 Å². The summed E-state index contributed by atoms with van der Waals surface area (Å²) in [6, 6.07) is 0. The van der Waals surface area contributed by atoms with Gasteiger partial charge in [-0.15, -0.1) is 11.8 Å². The van der Waals surface area contributed by atoms with Crippen LogP contribution in [0.25, 0.3) is 0 Å². The first kappa shape index (κ1) is 9.76. The molecule has 0 aromatic heterocycles. The largest absolute Gasteiger partial charge is 0.272 e. The number of rotatable bonds is 3. The maximum absolute atomic E-state index is 3.60. The van der Waals surface area contributed by atoms with Crippen molar-refractivity contribution in [2.45, 2.75) is 20.8 Å². The lowest BCUT2D eigenvalue weighted by atomic mass is 10.0. The molecule has 10 heavy (non-hydrogen) atoms. The predicted octanol–water partition coefficient (Wildman–Crippen LogP) is 2.94. The first-order chi connectivity index (χ1) is 4.56. The second-order valence-electron chi connectivity index (χ2n) is 3.34. The average molecular weight is 157 g/mol. The van der Waals surface area contributed by atoms with Gasteiger partial charge in [-0.25, -0.2) is 0 Å². The predicted molar refractivity (Wildman–Crippen MR) is 50.6 cm³/mol. The quantitative estimate of drug-likeness (QED) is 0.574. The van der Waals surface area contributed by atoms with Gasteiger partial charge >= 0.3 is 0 Å². The molecule has 0 spiro atoms. The highest BCUT2D eigenvalue weighted by atomic mass is 32.2. The van der Waals surface area contributed by atoms with E-state index in [4.69, 9.17) is 0 Å². The van der Waals surface area contributed by atoms with Crippen molar-refractivity contribution in [2.24, 2.45) is 10.4 Å². The zero-order valence-corrected chi connectivity index (χ0v) is 7.74. The van der Waals surface area contributed by atoms with Gasteiger partial charge in [-0.2, -0.15) is 0 Å². The number of hydrogen-bond acceptors (Lipinski definition) is 2. The molecule has 0 heterocycles. The van der Waals surface area contributed by atoms with E-state index >= 15 is 0 Å². The zero-order chi connectivity index (χ0) is 8.04. The lowest BCUT2D eigenvalue weighted by Gasteiger charge is -2.15. The molecule has 0 saturated carbocycles. The van der Waals surface area contributed by atoms with Crippen molar-refractivity contribution in [2.75, 3.05) is 5.75 Å². The minimum Gasteiger partial charge on any atom is -0.272 e. The van der Waals surface area contributed by atoms with Gasteiger partial charge < -0.3 is 0 Å². The van der Waals surface area contributed by atoms with Crippen LogP contribution < -0.4 is 0 Å². The van der Waals surface area contributed by atoms with E-state index in [1.807, 2.05) is 5.41 Å². The molecule has 0 unspecified atom stereocenters. The Labute approximate surface area is 67.6 Å². The number of aliphatic imine (C=N–C) groups is 1. The second-order valence-corrected chi connectivity index (χ2v) is 4.23. The molecule has 0 aliphatic rings. The van der Waals surface area contributed by atoms with E-state index in [9.17, 15) is 0 Å². The molecule has 0 aromatic carbocycles. The van der Waals surface area contributed by atoms with Crippen molar-refractivity contribution in [3.05, 3.63) is 11.6 Å². The van der Waals surface area contributed by atoms with Crippen LogP contribution in [-0.2, 0) is 0 Å². The molecule has 0 aromatic rings. The van der Waals surface area contributed by atoms with E-state index in [-0.39, 0.29) is 0 Å². The molecule has 0 saturated heterocycles. The maximum Gasteiger partial charge on any atom is 0.0323 e. The van der Waals surface area contributed by atoms with Crippen LogP contribution in [0.4, 0.5) is 0 Å². The molecule has 1 nitrogen and oxygen atoms in total. The van der Waals surface area contributed by atoms with E-state index in [2.05, 4.69) is 32.5 Å². The lowest BCUT2D eigenvalue weighted by Crippen LogP contribution is -2.07. The van der Waals surface area contributed by atoms with Crippen LogP contribution in [0.15, 0.2) is 16.6 Å². The third-order valence-corrected chi connectivity index (χ3v) is 2.13. The Morgan fingerprint density at radius 1 is 1.50 bits per heavy atom. The SMILES string of the molecule is C=N/C=C\SCC(C)(C)C. The van der Waals surface area contributed by atoms with Crippen LogP contribution in [0.3, 0.4) is 0 Å². The maximum atomic E-state index is 3.60. The third-order valence-electron chi connectivity index (χ3n) is 0.779. The molecule has 2 heteroatoms. The minimum atomic E-state index is 0.399. The molecule has 0 rings (SSSR count). The molecule has 0 N–H and O–H groups in total. The van der Waals surface area contributed by atoms with Gasteiger partial charge in [-0.05, 0) is 17.5 Å². The summed E-state index contributed by atoms with van der Waals surface area (Å²) in [4.78, 5) is 3.60. The van der Waals surface area contributed by atoms with Crippen LogP contribution in [0.5, 0.6) is 0 Å². The smallest absolute Gasteiger partial charge is 0.0323 e. The third kappa shape index (κ3) is 7.76.